The fourth-order valence-corrected chi connectivity index (χ4v) is 2.19. The van der Waals surface area contributed by atoms with Crippen molar-refractivity contribution in [3.05, 3.63) is 52.5 Å². The van der Waals surface area contributed by atoms with Crippen LogP contribution in [0.25, 0.3) is 0 Å². The molecule has 1 amide bonds. The maximum absolute atomic E-state index is 11.9. The van der Waals surface area contributed by atoms with Crippen molar-refractivity contribution in [2.75, 3.05) is 17.7 Å². The number of nitrogens with two attached hydrogens (primary N) is 1. The number of ether oxygens (including phenoxy) is 1. The zero-order chi connectivity index (χ0) is 15.4. The second kappa shape index (κ2) is 6.50. The van der Waals surface area contributed by atoms with Gasteiger partial charge in [-0.15, -0.1) is 0 Å². The molecule has 0 aliphatic heterocycles. The van der Waals surface area contributed by atoms with Gasteiger partial charge in [0, 0.05) is 0 Å². The SMILES string of the molecule is Cc1ccc(OCC(=O)Nc2c(C)cccc2N)c(Cl)c1. The first-order valence-electron chi connectivity index (χ1n) is 6.51. The van der Waals surface area contributed by atoms with Crippen LogP contribution in [0.1, 0.15) is 11.1 Å². The molecule has 21 heavy (non-hydrogen) atoms. The smallest absolute Gasteiger partial charge is 0.262 e. The lowest BCUT2D eigenvalue weighted by molar-refractivity contribution is -0.118. The first-order chi connectivity index (χ1) is 9.97. The standard InChI is InChI=1S/C16H17ClN2O2/c1-10-6-7-14(12(17)8-10)21-9-15(20)19-16-11(2)4-3-5-13(16)18/h3-8H,9,18H2,1-2H3,(H,19,20). The van der Waals surface area contributed by atoms with Gasteiger partial charge in [0.1, 0.15) is 5.75 Å². The molecule has 0 heterocycles. The van der Waals surface area contributed by atoms with E-state index in [2.05, 4.69) is 5.32 Å². The van der Waals surface area contributed by atoms with Gasteiger partial charge in [-0.1, -0.05) is 29.8 Å². The number of rotatable bonds is 4. The van der Waals surface area contributed by atoms with E-state index < -0.39 is 0 Å². The summed E-state index contributed by atoms with van der Waals surface area (Å²) in [6.45, 7) is 3.68. The summed E-state index contributed by atoms with van der Waals surface area (Å²) in [4.78, 5) is 11.9. The number of carbonyl (C=O) groups excluding carboxylic acids is 1. The van der Waals surface area contributed by atoms with Gasteiger partial charge in [0.25, 0.3) is 5.91 Å². The maximum atomic E-state index is 11.9. The highest BCUT2D eigenvalue weighted by Gasteiger charge is 2.09. The van der Waals surface area contributed by atoms with Crippen LogP contribution in [0, 0.1) is 13.8 Å². The Morgan fingerprint density at radius 3 is 2.71 bits per heavy atom. The van der Waals surface area contributed by atoms with Crippen LogP contribution in [0.15, 0.2) is 36.4 Å². The van der Waals surface area contributed by atoms with Crippen LogP contribution in [0.4, 0.5) is 11.4 Å². The number of amides is 1. The fraction of sp³-hybridized carbons (Fsp3) is 0.188. The van der Waals surface area contributed by atoms with Crippen molar-refractivity contribution >= 4 is 28.9 Å². The van der Waals surface area contributed by atoms with Crippen molar-refractivity contribution in [1.29, 1.82) is 0 Å². The molecular weight excluding hydrogens is 288 g/mol. The molecule has 0 aliphatic rings. The van der Waals surface area contributed by atoms with Gasteiger partial charge >= 0.3 is 0 Å². The third-order valence-electron chi connectivity index (χ3n) is 3.02. The third kappa shape index (κ3) is 3.89. The second-order valence-corrected chi connectivity index (χ2v) is 5.22. The molecule has 0 fully saturated rings. The van der Waals surface area contributed by atoms with Crippen molar-refractivity contribution in [1.82, 2.24) is 0 Å². The quantitative estimate of drug-likeness (QED) is 0.849. The third-order valence-corrected chi connectivity index (χ3v) is 3.31. The highest BCUT2D eigenvalue weighted by atomic mass is 35.5. The Hall–Kier alpha value is -2.20. The summed E-state index contributed by atoms with van der Waals surface area (Å²) in [7, 11) is 0. The number of anilines is 2. The summed E-state index contributed by atoms with van der Waals surface area (Å²) in [5.41, 5.74) is 8.91. The predicted octanol–water partition coefficient (Wildman–Crippen LogP) is 3.56. The molecule has 0 aliphatic carbocycles. The van der Waals surface area contributed by atoms with Gasteiger partial charge in [-0.3, -0.25) is 4.79 Å². The number of nitrogens with one attached hydrogen (secondary N) is 1. The van der Waals surface area contributed by atoms with Crippen LogP contribution in [-0.4, -0.2) is 12.5 Å². The van der Waals surface area contributed by atoms with E-state index in [0.29, 0.717) is 22.1 Å². The van der Waals surface area contributed by atoms with Crippen molar-refractivity contribution in [3.63, 3.8) is 0 Å². The Morgan fingerprint density at radius 1 is 1.29 bits per heavy atom. The Balaban J connectivity index is 1.99. The number of halogens is 1. The van der Waals surface area contributed by atoms with Crippen LogP contribution in [0.2, 0.25) is 5.02 Å². The molecule has 0 unspecified atom stereocenters. The molecule has 0 aromatic heterocycles. The number of hydrogen-bond donors (Lipinski definition) is 2. The molecule has 2 aromatic rings. The summed E-state index contributed by atoms with van der Waals surface area (Å²) in [5, 5.41) is 3.23. The number of benzene rings is 2. The van der Waals surface area contributed by atoms with E-state index in [4.69, 9.17) is 22.1 Å². The highest BCUT2D eigenvalue weighted by Crippen LogP contribution is 2.25. The average Bonchev–Trinajstić information content (AvgIpc) is 2.42. The van der Waals surface area contributed by atoms with Gasteiger partial charge in [0.05, 0.1) is 16.4 Å². The molecule has 0 saturated heterocycles. The van der Waals surface area contributed by atoms with E-state index in [1.807, 2.05) is 32.0 Å². The van der Waals surface area contributed by atoms with Crippen molar-refractivity contribution in [2.45, 2.75) is 13.8 Å². The largest absolute Gasteiger partial charge is 0.482 e. The zero-order valence-corrected chi connectivity index (χ0v) is 12.7. The first-order valence-corrected chi connectivity index (χ1v) is 6.89. The summed E-state index contributed by atoms with van der Waals surface area (Å²) < 4.78 is 5.42. The molecule has 4 nitrogen and oxygen atoms in total. The number of carbonyl (C=O) groups is 1. The average molecular weight is 305 g/mol. The zero-order valence-electron chi connectivity index (χ0n) is 11.9. The van der Waals surface area contributed by atoms with E-state index in [1.165, 1.54) is 0 Å². The molecule has 0 spiro atoms. The van der Waals surface area contributed by atoms with Crippen molar-refractivity contribution in [2.24, 2.45) is 0 Å². The Morgan fingerprint density at radius 2 is 2.05 bits per heavy atom. The minimum atomic E-state index is -0.285. The van der Waals surface area contributed by atoms with Gasteiger partial charge in [0.15, 0.2) is 6.61 Å². The number of aryl methyl sites for hydroxylation is 2. The lowest BCUT2D eigenvalue weighted by atomic mass is 10.1. The fourth-order valence-electron chi connectivity index (χ4n) is 1.90. The molecule has 0 bridgehead atoms. The summed E-state index contributed by atoms with van der Waals surface area (Å²) >= 11 is 6.05. The van der Waals surface area contributed by atoms with Crippen LogP contribution in [0.5, 0.6) is 5.75 Å². The Labute approximate surface area is 128 Å². The minimum Gasteiger partial charge on any atom is -0.482 e. The van der Waals surface area contributed by atoms with Crippen LogP contribution in [-0.2, 0) is 4.79 Å². The normalized spacial score (nSPS) is 10.2. The topological polar surface area (TPSA) is 64.3 Å². The minimum absolute atomic E-state index is 0.128. The summed E-state index contributed by atoms with van der Waals surface area (Å²) in [6, 6.07) is 10.9. The van der Waals surface area contributed by atoms with Gasteiger partial charge < -0.3 is 15.8 Å². The Kier molecular flexibility index (Phi) is 4.70. The molecular formula is C16H17ClN2O2. The van der Waals surface area contributed by atoms with E-state index >= 15 is 0 Å². The van der Waals surface area contributed by atoms with Crippen molar-refractivity contribution in [3.8, 4) is 5.75 Å². The Bertz CT molecular complexity index is 651. The maximum Gasteiger partial charge on any atom is 0.262 e. The first kappa shape index (κ1) is 15.2. The lowest BCUT2D eigenvalue weighted by Gasteiger charge is -2.12. The molecule has 110 valence electrons. The van der Waals surface area contributed by atoms with Crippen LogP contribution in [0.3, 0.4) is 0 Å². The monoisotopic (exact) mass is 304 g/mol. The molecule has 5 heteroatoms. The molecule has 3 N–H and O–H groups in total. The molecule has 2 rings (SSSR count). The van der Waals surface area contributed by atoms with Crippen molar-refractivity contribution < 1.29 is 9.53 Å². The van der Waals surface area contributed by atoms with E-state index in [-0.39, 0.29) is 12.5 Å². The van der Waals surface area contributed by atoms with Crippen LogP contribution >= 0.6 is 11.6 Å². The molecule has 2 aromatic carbocycles. The molecule has 0 atom stereocenters. The van der Waals surface area contributed by atoms with Gasteiger partial charge in [0.2, 0.25) is 0 Å². The highest BCUT2D eigenvalue weighted by molar-refractivity contribution is 6.32. The van der Waals surface area contributed by atoms with E-state index in [0.717, 1.165) is 11.1 Å². The molecule has 0 radical (unpaired) electrons. The second-order valence-electron chi connectivity index (χ2n) is 4.81. The predicted molar refractivity (Wildman–Crippen MR) is 85.9 cm³/mol. The van der Waals surface area contributed by atoms with E-state index in [1.54, 1.807) is 18.2 Å². The summed E-state index contributed by atoms with van der Waals surface area (Å²) in [5.74, 6) is 0.197. The number of para-hydroxylation sites is 1. The lowest BCUT2D eigenvalue weighted by Crippen LogP contribution is -2.21. The summed E-state index contributed by atoms with van der Waals surface area (Å²) in [6.07, 6.45) is 0. The van der Waals surface area contributed by atoms with Gasteiger partial charge in [-0.25, -0.2) is 0 Å². The van der Waals surface area contributed by atoms with E-state index in [9.17, 15) is 4.79 Å². The van der Waals surface area contributed by atoms with Crippen LogP contribution < -0.4 is 15.8 Å². The molecule has 0 saturated carbocycles. The number of nitrogen functional groups attached to an aromatic ring is 1. The van der Waals surface area contributed by atoms with Gasteiger partial charge in [-0.05, 0) is 43.2 Å². The van der Waals surface area contributed by atoms with Gasteiger partial charge in [-0.2, -0.15) is 0 Å². The number of hydrogen-bond acceptors (Lipinski definition) is 3.